The van der Waals surface area contributed by atoms with Crippen LogP contribution in [0.1, 0.15) is 39.7 Å². The third-order valence-electron chi connectivity index (χ3n) is 4.28. The van der Waals surface area contributed by atoms with Gasteiger partial charge in [-0.2, -0.15) is 0 Å². The first-order chi connectivity index (χ1) is 11.9. The number of H-pyrrole nitrogens is 1. The number of fused-ring (bicyclic) bond motifs is 1. The molecule has 0 saturated carbocycles. The summed E-state index contributed by atoms with van der Waals surface area (Å²) in [6.45, 7) is 8.52. The van der Waals surface area contributed by atoms with E-state index in [4.69, 9.17) is 0 Å². The molecule has 0 aliphatic carbocycles. The molecule has 5 nitrogen and oxygen atoms in total. The van der Waals surface area contributed by atoms with Crippen LogP contribution in [0.5, 0.6) is 0 Å². The quantitative estimate of drug-likeness (QED) is 0.689. The van der Waals surface area contributed by atoms with Gasteiger partial charge in [-0.1, -0.05) is 45.9 Å². The summed E-state index contributed by atoms with van der Waals surface area (Å²) in [5, 5.41) is 6.93. The molecule has 1 aromatic carbocycles. The second-order valence-electron chi connectivity index (χ2n) is 7.25. The molecule has 0 aliphatic heterocycles. The topological polar surface area (TPSA) is 74.0 Å². The lowest BCUT2D eigenvalue weighted by Gasteiger charge is -2.20. The Morgan fingerprint density at radius 3 is 2.48 bits per heavy atom. The average Bonchev–Trinajstić information content (AvgIpc) is 2.96. The molecular weight excluding hydrogens is 314 g/mol. The first-order valence-electron chi connectivity index (χ1n) is 9.01. The van der Waals surface area contributed by atoms with Crippen LogP contribution < -0.4 is 10.6 Å². The van der Waals surface area contributed by atoms with Gasteiger partial charge in [0.15, 0.2) is 0 Å². The number of aromatic nitrogens is 1. The van der Waals surface area contributed by atoms with Crippen molar-refractivity contribution in [1.82, 2.24) is 15.6 Å². The smallest absolute Gasteiger partial charge is 0.242 e. The van der Waals surface area contributed by atoms with Crippen LogP contribution in [-0.4, -0.2) is 29.4 Å². The summed E-state index contributed by atoms with van der Waals surface area (Å²) in [4.78, 5) is 28.0. The standard InChI is InChI=1S/C20H29N3O2/c1-13(2)9-10-21-20(25)18(23-19(24)14(3)4)11-15-12-22-17-8-6-5-7-16(15)17/h5-8,12-14,18,22H,9-11H2,1-4H3,(H,21,25)(H,23,24). The van der Waals surface area contributed by atoms with Crippen LogP contribution >= 0.6 is 0 Å². The molecular formula is C20H29N3O2. The fraction of sp³-hybridized carbons (Fsp3) is 0.500. The molecule has 1 unspecified atom stereocenters. The summed E-state index contributed by atoms with van der Waals surface area (Å²) >= 11 is 0. The average molecular weight is 343 g/mol. The number of hydrogen-bond acceptors (Lipinski definition) is 2. The van der Waals surface area contributed by atoms with E-state index in [-0.39, 0.29) is 17.7 Å². The van der Waals surface area contributed by atoms with E-state index in [1.807, 2.05) is 44.3 Å². The Morgan fingerprint density at radius 2 is 1.80 bits per heavy atom. The monoisotopic (exact) mass is 343 g/mol. The summed E-state index contributed by atoms with van der Waals surface area (Å²) < 4.78 is 0. The third-order valence-corrected chi connectivity index (χ3v) is 4.28. The van der Waals surface area contributed by atoms with Gasteiger partial charge in [0, 0.05) is 36.0 Å². The summed E-state index contributed by atoms with van der Waals surface area (Å²) in [6, 6.07) is 7.41. The maximum Gasteiger partial charge on any atom is 0.242 e. The Hall–Kier alpha value is -2.30. The molecule has 5 heteroatoms. The number of para-hydroxylation sites is 1. The van der Waals surface area contributed by atoms with E-state index in [1.54, 1.807) is 0 Å². The fourth-order valence-corrected chi connectivity index (χ4v) is 2.68. The summed E-state index contributed by atoms with van der Waals surface area (Å²) in [5.41, 5.74) is 2.07. The van der Waals surface area contributed by atoms with E-state index < -0.39 is 6.04 Å². The maximum absolute atomic E-state index is 12.6. The number of hydrogen-bond donors (Lipinski definition) is 3. The van der Waals surface area contributed by atoms with E-state index in [2.05, 4.69) is 29.5 Å². The van der Waals surface area contributed by atoms with Crippen LogP contribution in [0.2, 0.25) is 0 Å². The van der Waals surface area contributed by atoms with Gasteiger partial charge in [0.05, 0.1) is 0 Å². The highest BCUT2D eigenvalue weighted by atomic mass is 16.2. The second-order valence-corrected chi connectivity index (χ2v) is 7.25. The van der Waals surface area contributed by atoms with Crippen molar-refractivity contribution in [3.63, 3.8) is 0 Å². The summed E-state index contributed by atoms with van der Waals surface area (Å²) in [5.74, 6) is 0.135. The lowest BCUT2D eigenvalue weighted by molar-refractivity contribution is -0.130. The Balaban J connectivity index is 2.13. The lowest BCUT2D eigenvalue weighted by atomic mass is 10.0. The van der Waals surface area contributed by atoms with Crippen LogP contribution in [0, 0.1) is 11.8 Å². The van der Waals surface area contributed by atoms with Gasteiger partial charge in [-0.25, -0.2) is 0 Å². The minimum absolute atomic E-state index is 0.108. The van der Waals surface area contributed by atoms with Crippen LogP contribution in [-0.2, 0) is 16.0 Å². The normalized spacial score (nSPS) is 12.6. The molecule has 136 valence electrons. The van der Waals surface area contributed by atoms with Gasteiger partial charge in [0.1, 0.15) is 6.04 Å². The van der Waals surface area contributed by atoms with Crippen molar-refractivity contribution in [2.45, 2.75) is 46.6 Å². The highest BCUT2D eigenvalue weighted by molar-refractivity contribution is 5.90. The van der Waals surface area contributed by atoms with Gasteiger partial charge in [-0.05, 0) is 24.0 Å². The molecule has 0 bridgehead atoms. The zero-order valence-corrected chi connectivity index (χ0v) is 15.6. The summed E-state index contributed by atoms with van der Waals surface area (Å²) in [6.07, 6.45) is 3.31. The predicted octanol–water partition coefficient (Wildman–Crippen LogP) is 3.01. The van der Waals surface area contributed by atoms with Crippen molar-refractivity contribution in [2.24, 2.45) is 11.8 Å². The van der Waals surface area contributed by atoms with Gasteiger partial charge in [-0.15, -0.1) is 0 Å². The molecule has 2 rings (SSSR count). The Labute approximate surface area is 149 Å². The molecule has 0 radical (unpaired) electrons. The molecule has 0 saturated heterocycles. The number of carbonyl (C=O) groups is 2. The molecule has 25 heavy (non-hydrogen) atoms. The van der Waals surface area contributed by atoms with E-state index in [1.165, 1.54) is 0 Å². The Morgan fingerprint density at radius 1 is 1.08 bits per heavy atom. The van der Waals surface area contributed by atoms with E-state index in [9.17, 15) is 9.59 Å². The van der Waals surface area contributed by atoms with Crippen molar-refractivity contribution in [3.05, 3.63) is 36.0 Å². The van der Waals surface area contributed by atoms with Crippen LogP contribution in [0.4, 0.5) is 0 Å². The van der Waals surface area contributed by atoms with Crippen molar-refractivity contribution in [1.29, 1.82) is 0 Å². The van der Waals surface area contributed by atoms with Gasteiger partial charge >= 0.3 is 0 Å². The third kappa shape index (κ3) is 5.34. The molecule has 1 aromatic heterocycles. The van der Waals surface area contributed by atoms with Crippen LogP contribution in [0.15, 0.2) is 30.5 Å². The Kier molecular flexibility index (Phi) is 6.62. The highest BCUT2D eigenvalue weighted by Gasteiger charge is 2.23. The maximum atomic E-state index is 12.6. The van der Waals surface area contributed by atoms with Crippen molar-refractivity contribution < 1.29 is 9.59 Å². The molecule has 0 fully saturated rings. The summed E-state index contributed by atoms with van der Waals surface area (Å²) in [7, 11) is 0. The largest absolute Gasteiger partial charge is 0.361 e. The highest BCUT2D eigenvalue weighted by Crippen LogP contribution is 2.19. The van der Waals surface area contributed by atoms with Gasteiger partial charge in [0.25, 0.3) is 0 Å². The SMILES string of the molecule is CC(C)CCNC(=O)C(Cc1c[nH]c2ccccc12)NC(=O)C(C)C. The van der Waals surface area contributed by atoms with Gasteiger partial charge < -0.3 is 15.6 Å². The molecule has 2 amide bonds. The molecule has 2 aromatic rings. The number of rotatable bonds is 8. The molecule has 1 atom stereocenters. The number of nitrogens with one attached hydrogen (secondary N) is 3. The number of aromatic amines is 1. The predicted molar refractivity (Wildman–Crippen MR) is 101 cm³/mol. The van der Waals surface area contributed by atoms with Crippen molar-refractivity contribution in [3.8, 4) is 0 Å². The van der Waals surface area contributed by atoms with Crippen LogP contribution in [0.3, 0.4) is 0 Å². The first-order valence-corrected chi connectivity index (χ1v) is 9.01. The lowest BCUT2D eigenvalue weighted by Crippen LogP contribution is -2.49. The molecule has 1 heterocycles. The zero-order valence-electron chi connectivity index (χ0n) is 15.6. The zero-order chi connectivity index (χ0) is 18.4. The first kappa shape index (κ1) is 19.0. The molecule has 3 N–H and O–H groups in total. The number of carbonyl (C=O) groups excluding carboxylic acids is 2. The number of amides is 2. The molecule has 0 spiro atoms. The van der Waals surface area contributed by atoms with Crippen molar-refractivity contribution >= 4 is 22.7 Å². The van der Waals surface area contributed by atoms with E-state index in [0.717, 1.165) is 22.9 Å². The fourth-order valence-electron chi connectivity index (χ4n) is 2.68. The van der Waals surface area contributed by atoms with Gasteiger partial charge in [-0.3, -0.25) is 9.59 Å². The van der Waals surface area contributed by atoms with Crippen molar-refractivity contribution in [2.75, 3.05) is 6.54 Å². The van der Waals surface area contributed by atoms with E-state index >= 15 is 0 Å². The van der Waals surface area contributed by atoms with E-state index in [0.29, 0.717) is 18.9 Å². The number of benzene rings is 1. The molecule has 0 aliphatic rings. The van der Waals surface area contributed by atoms with Crippen LogP contribution in [0.25, 0.3) is 10.9 Å². The Bertz CT molecular complexity index is 719. The van der Waals surface area contributed by atoms with Gasteiger partial charge in [0.2, 0.25) is 11.8 Å². The second kappa shape index (κ2) is 8.70. The minimum Gasteiger partial charge on any atom is -0.361 e. The minimum atomic E-state index is -0.568.